The monoisotopic (exact) mass is 555 g/mol. The van der Waals surface area contributed by atoms with Gasteiger partial charge in [-0.25, -0.2) is 4.79 Å². The molecule has 4 rings (SSSR count). The van der Waals surface area contributed by atoms with E-state index >= 15 is 0 Å². The average molecular weight is 556 g/mol. The first kappa shape index (κ1) is 29.2. The number of aryl methyl sites for hydroxylation is 1. The molecule has 0 N–H and O–H groups in total. The van der Waals surface area contributed by atoms with Gasteiger partial charge in [-0.05, 0) is 61.1 Å². The van der Waals surface area contributed by atoms with Gasteiger partial charge in [-0.3, -0.25) is 4.79 Å². The molecule has 2 aromatic rings. The minimum absolute atomic E-state index is 0.0414. The minimum Gasteiger partial charge on any atom is -0.497 e. The lowest BCUT2D eigenvalue weighted by Crippen LogP contribution is -2.57. The number of benzene rings is 2. The Morgan fingerprint density at radius 3 is 2.42 bits per heavy atom. The van der Waals surface area contributed by atoms with Crippen LogP contribution in [0, 0.1) is 12.3 Å². The Balaban J connectivity index is 1.69. The first-order chi connectivity index (χ1) is 19.0. The van der Waals surface area contributed by atoms with E-state index in [2.05, 4.69) is 13.2 Å². The molecule has 2 aromatic carbocycles. The number of hydrogen-bond acceptors (Lipinski definition) is 3. The number of hydrogen-bond donors (Lipinski definition) is 0. The molecule has 0 spiro atoms. The summed E-state index contributed by atoms with van der Waals surface area (Å²) in [4.78, 5) is 32.8. The maximum atomic E-state index is 14.0. The van der Waals surface area contributed by atoms with E-state index in [1.165, 1.54) is 18.1 Å². The molecule has 2 heterocycles. The molecule has 40 heavy (non-hydrogen) atoms. The van der Waals surface area contributed by atoms with E-state index in [1.54, 1.807) is 24.1 Å². The van der Waals surface area contributed by atoms with E-state index in [1.807, 2.05) is 36.1 Å². The lowest BCUT2D eigenvalue weighted by atomic mass is 9.76. The van der Waals surface area contributed by atoms with Crippen molar-refractivity contribution in [1.82, 2.24) is 14.7 Å². The minimum atomic E-state index is -4.55. The van der Waals surface area contributed by atoms with Crippen LogP contribution >= 0.6 is 0 Å². The highest BCUT2D eigenvalue weighted by Crippen LogP contribution is 2.49. The maximum absolute atomic E-state index is 14.0. The van der Waals surface area contributed by atoms with Crippen LogP contribution in [0.1, 0.15) is 47.6 Å². The van der Waals surface area contributed by atoms with Crippen molar-refractivity contribution in [3.8, 4) is 5.75 Å². The predicted molar refractivity (Wildman–Crippen MR) is 148 cm³/mol. The molecule has 0 unspecified atom stereocenters. The fraction of sp³-hybridized carbons (Fsp3) is 0.419. The van der Waals surface area contributed by atoms with Crippen LogP contribution in [0.2, 0.25) is 0 Å². The van der Waals surface area contributed by atoms with E-state index in [9.17, 15) is 22.8 Å². The van der Waals surface area contributed by atoms with Crippen LogP contribution in [-0.4, -0.2) is 59.9 Å². The Hall–Kier alpha value is -3.75. The van der Waals surface area contributed by atoms with Crippen molar-refractivity contribution < 1.29 is 27.5 Å². The molecule has 6 nitrogen and oxygen atoms in total. The highest BCUT2D eigenvalue weighted by atomic mass is 19.4. The molecular formula is C31H36F3N3O3. The van der Waals surface area contributed by atoms with Crippen molar-refractivity contribution in [2.75, 3.05) is 27.2 Å². The quantitative estimate of drug-likeness (QED) is 0.356. The van der Waals surface area contributed by atoms with Crippen molar-refractivity contribution >= 4 is 11.9 Å². The smallest absolute Gasteiger partial charge is 0.416 e. The third kappa shape index (κ3) is 5.46. The van der Waals surface area contributed by atoms with Gasteiger partial charge in [0.05, 0.1) is 30.2 Å². The van der Waals surface area contributed by atoms with Crippen LogP contribution in [0.15, 0.2) is 67.8 Å². The van der Waals surface area contributed by atoms with Crippen LogP contribution in [-0.2, 0) is 17.5 Å². The van der Waals surface area contributed by atoms with Crippen molar-refractivity contribution in [2.24, 2.45) is 5.41 Å². The summed E-state index contributed by atoms with van der Waals surface area (Å²) < 4.78 is 45.6. The molecular weight excluding hydrogens is 519 g/mol. The number of carbonyl (C=O) groups excluding carboxylic acids is 2. The summed E-state index contributed by atoms with van der Waals surface area (Å²) in [6.45, 7) is 10.4. The van der Waals surface area contributed by atoms with E-state index in [0.29, 0.717) is 37.9 Å². The molecule has 2 saturated heterocycles. The van der Waals surface area contributed by atoms with Gasteiger partial charge in [-0.2, -0.15) is 13.2 Å². The fourth-order valence-corrected chi connectivity index (χ4v) is 6.24. The van der Waals surface area contributed by atoms with Gasteiger partial charge >= 0.3 is 12.2 Å². The Bertz CT molecular complexity index is 1280. The van der Waals surface area contributed by atoms with Crippen LogP contribution in [0.5, 0.6) is 5.75 Å². The summed E-state index contributed by atoms with van der Waals surface area (Å²) in [6, 6.07) is 10.3. The Kier molecular flexibility index (Phi) is 8.33. The first-order valence-corrected chi connectivity index (χ1v) is 13.3. The van der Waals surface area contributed by atoms with E-state index in [4.69, 9.17) is 4.74 Å². The van der Waals surface area contributed by atoms with Crippen LogP contribution in [0.25, 0.3) is 0 Å². The van der Waals surface area contributed by atoms with Crippen molar-refractivity contribution in [3.63, 3.8) is 0 Å². The second-order valence-electron chi connectivity index (χ2n) is 10.7. The molecule has 2 fully saturated rings. The van der Waals surface area contributed by atoms with Gasteiger partial charge < -0.3 is 19.4 Å². The number of fused-ring (bicyclic) bond motifs is 1. The number of nitrogens with zero attached hydrogens (tertiary/aromatic N) is 3. The van der Waals surface area contributed by atoms with Crippen molar-refractivity contribution in [2.45, 2.75) is 51.0 Å². The summed E-state index contributed by atoms with van der Waals surface area (Å²) in [5, 5.41) is 0. The normalized spacial score (nSPS) is 20.2. The molecule has 2 aliphatic heterocycles. The molecule has 3 amide bonds. The zero-order valence-electron chi connectivity index (χ0n) is 23.2. The van der Waals surface area contributed by atoms with Crippen LogP contribution in [0.3, 0.4) is 0 Å². The van der Waals surface area contributed by atoms with E-state index in [-0.39, 0.29) is 30.3 Å². The number of urea groups is 1. The number of carbonyl (C=O) groups is 2. The second kappa shape index (κ2) is 11.4. The summed E-state index contributed by atoms with van der Waals surface area (Å²) in [6.07, 6.45) is 0.552. The van der Waals surface area contributed by atoms with Gasteiger partial charge in [-0.15, -0.1) is 13.2 Å². The molecule has 0 aromatic heterocycles. The molecule has 0 bridgehead atoms. The number of alkyl halides is 3. The summed E-state index contributed by atoms with van der Waals surface area (Å²) in [5.74, 6) is 0.120. The largest absolute Gasteiger partial charge is 0.497 e. The molecule has 2 aliphatic rings. The number of halogens is 3. The zero-order chi connectivity index (χ0) is 29.2. The number of methoxy groups -OCH3 is 1. The average Bonchev–Trinajstić information content (AvgIpc) is 3.18. The molecule has 0 saturated carbocycles. The Morgan fingerprint density at radius 1 is 1.15 bits per heavy atom. The molecule has 0 aliphatic carbocycles. The van der Waals surface area contributed by atoms with Gasteiger partial charge in [0.2, 0.25) is 5.91 Å². The van der Waals surface area contributed by atoms with Gasteiger partial charge in [-0.1, -0.05) is 36.4 Å². The Labute approximate surface area is 233 Å². The lowest BCUT2D eigenvalue weighted by molar-refractivity contribution is -0.139. The number of piperazine rings is 1. The highest BCUT2D eigenvalue weighted by Gasteiger charge is 2.56. The second-order valence-corrected chi connectivity index (χ2v) is 10.7. The topological polar surface area (TPSA) is 53.1 Å². The van der Waals surface area contributed by atoms with Gasteiger partial charge in [0.25, 0.3) is 0 Å². The molecule has 0 radical (unpaired) electrons. The number of amides is 3. The van der Waals surface area contributed by atoms with E-state index in [0.717, 1.165) is 23.3 Å². The van der Waals surface area contributed by atoms with Gasteiger partial charge in [0.15, 0.2) is 0 Å². The van der Waals surface area contributed by atoms with E-state index < -0.39 is 23.2 Å². The third-order valence-corrected chi connectivity index (χ3v) is 8.10. The fourth-order valence-electron chi connectivity index (χ4n) is 6.24. The highest BCUT2D eigenvalue weighted by molar-refractivity contribution is 5.87. The predicted octanol–water partition coefficient (Wildman–Crippen LogP) is 6.37. The third-order valence-electron chi connectivity index (χ3n) is 8.10. The standard InChI is InChI=1S/C31H36F3N3O3/c1-6-12-30(13-7-2)19-26-27(25-11-9-8-10-21(25)3)37(15-14-36(26)28(30)38)29(39)35(4)20-22-16-23(31(32,33)34)18-24(17-22)40-5/h6-11,16-18,26-27H,1-2,12-15,19-20H2,3-5H3/t26-,27-/m0/s1. The molecule has 214 valence electrons. The summed E-state index contributed by atoms with van der Waals surface area (Å²) in [5.41, 5.74) is 0.754. The van der Waals surface area contributed by atoms with Crippen LogP contribution in [0.4, 0.5) is 18.0 Å². The number of ether oxygens (including phenoxy) is 1. The number of rotatable bonds is 8. The number of allylic oxidation sites excluding steroid dienone is 2. The van der Waals surface area contributed by atoms with Gasteiger partial charge in [0, 0.05) is 26.7 Å². The molecule has 9 heteroatoms. The zero-order valence-corrected chi connectivity index (χ0v) is 23.2. The Morgan fingerprint density at radius 2 is 1.82 bits per heavy atom. The van der Waals surface area contributed by atoms with Gasteiger partial charge in [0.1, 0.15) is 5.75 Å². The van der Waals surface area contributed by atoms with Crippen molar-refractivity contribution in [3.05, 3.63) is 90.0 Å². The summed E-state index contributed by atoms with van der Waals surface area (Å²) >= 11 is 0. The van der Waals surface area contributed by atoms with Crippen molar-refractivity contribution in [1.29, 1.82) is 0 Å². The maximum Gasteiger partial charge on any atom is 0.416 e. The lowest BCUT2D eigenvalue weighted by Gasteiger charge is -2.46. The first-order valence-electron chi connectivity index (χ1n) is 13.3. The molecule has 2 atom stereocenters. The SMILES string of the molecule is C=CCC1(CC=C)C[C@H]2[C@H](c3ccccc3C)N(C(=O)N(C)Cc3cc(OC)cc(C(F)(F)F)c3)CCN2C1=O. The van der Waals surface area contributed by atoms with Crippen LogP contribution < -0.4 is 4.74 Å². The summed E-state index contributed by atoms with van der Waals surface area (Å²) in [7, 11) is 2.89.